The van der Waals surface area contributed by atoms with Crippen LogP contribution < -0.4 is 5.32 Å². The van der Waals surface area contributed by atoms with Gasteiger partial charge in [-0.25, -0.2) is 0 Å². The monoisotopic (exact) mass is 297 g/mol. The minimum Gasteiger partial charge on any atom is -0.320 e. The molecular weight excluding hydrogens is 282 g/mol. The topological polar surface area (TPSA) is 29.1 Å². The summed E-state index contributed by atoms with van der Waals surface area (Å²) in [6.45, 7) is 3.87. The van der Waals surface area contributed by atoms with E-state index in [1.807, 2.05) is 32.0 Å². The predicted octanol–water partition coefficient (Wildman–Crippen LogP) is 3.50. The summed E-state index contributed by atoms with van der Waals surface area (Å²) in [6, 6.07) is 8.92. The van der Waals surface area contributed by atoms with Gasteiger partial charge in [-0.15, -0.1) is 19.3 Å². The Bertz CT molecular complexity index is 859. The minimum atomic E-state index is -0.266. The van der Waals surface area contributed by atoms with E-state index in [1.54, 1.807) is 12.1 Å². The molecule has 0 aliphatic rings. The van der Waals surface area contributed by atoms with Crippen molar-refractivity contribution in [1.29, 1.82) is 0 Å². The second-order valence-corrected chi connectivity index (χ2v) is 5.21. The molecule has 0 saturated heterocycles. The molecular formula is C21H15NO. The summed E-state index contributed by atoms with van der Waals surface area (Å²) >= 11 is 0. The fourth-order valence-corrected chi connectivity index (χ4v) is 2.38. The van der Waals surface area contributed by atoms with Gasteiger partial charge in [0.25, 0.3) is 5.91 Å². The van der Waals surface area contributed by atoms with Crippen LogP contribution in [0.2, 0.25) is 0 Å². The van der Waals surface area contributed by atoms with E-state index in [0.717, 1.165) is 11.1 Å². The number of amides is 1. The molecule has 1 N–H and O–H groups in total. The van der Waals surface area contributed by atoms with Crippen molar-refractivity contribution in [2.75, 3.05) is 5.32 Å². The maximum absolute atomic E-state index is 12.5. The Balaban J connectivity index is 2.48. The molecule has 2 nitrogen and oxygen atoms in total. The third-order valence-corrected chi connectivity index (χ3v) is 3.34. The van der Waals surface area contributed by atoms with Gasteiger partial charge in [0.2, 0.25) is 0 Å². The van der Waals surface area contributed by atoms with Crippen molar-refractivity contribution in [2.45, 2.75) is 13.8 Å². The fraction of sp³-hybridized carbons (Fsp3) is 0.0952. The molecule has 0 unspecified atom stereocenters. The van der Waals surface area contributed by atoms with Gasteiger partial charge in [0.15, 0.2) is 0 Å². The van der Waals surface area contributed by atoms with E-state index in [4.69, 9.17) is 19.3 Å². The number of hydrogen-bond donors (Lipinski definition) is 1. The van der Waals surface area contributed by atoms with Gasteiger partial charge in [-0.3, -0.25) is 4.79 Å². The molecule has 0 radical (unpaired) electrons. The van der Waals surface area contributed by atoms with E-state index in [-0.39, 0.29) is 5.91 Å². The Labute approximate surface area is 136 Å². The van der Waals surface area contributed by atoms with Crippen molar-refractivity contribution < 1.29 is 4.79 Å². The zero-order chi connectivity index (χ0) is 17.0. The summed E-state index contributed by atoms with van der Waals surface area (Å²) < 4.78 is 0. The Kier molecular flexibility index (Phi) is 4.56. The van der Waals surface area contributed by atoms with Crippen molar-refractivity contribution in [3.05, 3.63) is 63.7 Å². The second kappa shape index (κ2) is 6.57. The molecule has 110 valence electrons. The van der Waals surface area contributed by atoms with E-state index in [2.05, 4.69) is 23.1 Å². The summed E-state index contributed by atoms with van der Waals surface area (Å²) in [5, 5.41) is 2.81. The second-order valence-electron chi connectivity index (χ2n) is 5.21. The van der Waals surface area contributed by atoms with Crippen LogP contribution in [0.25, 0.3) is 0 Å². The molecule has 23 heavy (non-hydrogen) atoms. The van der Waals surface area contributed by atoms with Gasteiger partial charge < -0.3 is 5.32 Å². The average molecular weight is 297 g/mol. The van der Waals surface area contributed by atoms with Gasteiger partial charge >= 0.3 is 0 Å². The van der Waals surface area contributed by atoms with Crippen molar-refractivity contribution >= 4 is 11.6 Å². The lowest BCUT2D eigenvalue weighted by Crippen LogP contribution is -2.14. The van der Waals surface area contributed by atoms with E-state index in [1.165, 1.54) is 0 Å². The lowest BCUT2D eigenvalue weighted by atomic mass is 10.0. The maximum atomic E-state index is 12.5. The summed E-state index contributed by atoms with van der Waals surface area (Å²) in [6.07, 6.45) is 16.4. The third-order valence-electron chi connectivity index (χ3n) is 3.34. The lowest BCUT2D eigenvalue weighted by molar-refractivity contribution is 0.102. The minimum absolute atomic E-state index is 0.266. The lowest BCUT2D eigenvalue weighted by Gasteiger charge is -2.12. The molecule has 2 aromatic rings. The molecule has 0 bridgehead atoms. The number of hydrogen-bond acceptors (Lipinski definition) is 1. The van der Waals surface area contributed by atoms with Crippen LogP contribution >= 0.6 is 0 Å². The van der Waals surface area contributed by atoms with Gasteiger partial charge in [0.1, 0.15) is 0 Å². The van der Waals surface area contributed by atoms with Crippen LogP contribution in [0.4, 0.5) is 5.69 Å². The van der Waals surface area contributed by atoms with Gasteiger partial charge in [-0.1, -0.05) is 35.0 Å². The number of anilines is 1. The van der Waals surface area contributed by atoms with Gasteiger partial charge in [-0.05, 0) is 38.1 Å². The molecule has 0 aliphatic heterocycles. The van der Waals surface area contributed by atoms with Crippen LogP contribution in [-0.4, -0.2) is 5.91 Å². The molecule has 0 aliphatic carbocycles. The number of benzene rings is 2. The highest BCUT2D eigenvalue weighted by Crippen LogP contribution is 2.23. The van der Waals surface area contributed by atoms with Crippen molar-refractivity contribution in [3.8, 4) is 37.0 Å². The Morgan fingerprint density at radius 2 is 1.39 bits per heavy atom. The van der Waals surface area contributed by atoms with E-state index in [0.29, 0.717) is 27.9 Å². The number of aryl methyl sites for hydroxylation is 2. The zero-order valence-corrected chi connectivity index (χ0v) is 13.0. The molecule has 0 saturated carbocycles. The van der Waals surface area contributed by atoms with Gasteiger partial charge in [0, 0.05) is 11.1 Å². The number of carbonyl (C=O) groups is 1. The zero-order valence-electron chi connectivity index (χ0n) is 13.0. The first-order chi connectivity index (χ1) is 11.0. The molecule has 0 fully saturated rings. The summed E-state index contributed by atoms with van der Waals surface area (Å²) in [5.41, 5.74) is 4.50. The molecule has 1 amide bonds. The molecule has 0 aromatic heterocycles. The Morgan fingerprint density at radius 1 is 0.870 bits per heavy atom. The highest BCUT2D eigenvalue weighted by Gasteiger charge is 2.13. The molecule has 2 heteroatoms. The van der Waals surface area contributed by atoms with E-state index >= 15 is 0 Å². The van der Waals surface area contributed by atoms with Crippen molar-refractivity contribution in [1.82, 2.24) is 0 Å². The standard InChI is InChI=1S/C21H15NO/c1-6-16-12-17(7-2)20(18(8-3)13-16)22-21(23)19-10-14(4)9-15(5)11-19/h1-3,9-13H,4-5H3,(H,22,23). The summed E-state index contributed by atoms with van der Waals surface area (Å²) in [7, 11) is 0. The quantitative estimate of drug-likeness (QED) is 0.845. The normalized spacial score (nSPS) is 9.35. The SMILES string of the molecule is C#Cc1cc(C#C)c(NC(=O)c2cc(C)cc(C)c2)c(C#C)c1. The smallest absolute Gasteiger partial charge is 0.255 e. The third kappa shape index (κ3) is 3.44. The molecule has 0 heterocycles. The largest absolute Gasteiger partial charge is 0.320 e. The highest BCUT2D eigenvalue weighted by molar-refractivity contribution is 6.06. The van der Waals surface area contributed by atoms with E-state index in [9.17, 15) is 4.79 Å². The van der Waals surface area contributed by atoms with Crippen LogP contribution in [0.3, 0.4) is 0 Å². The van der Waals surface area contributed by atoms with Crippen LogP contribution in [0, 0.1) is 50.9 Å². The Morgan fingerprint density at radius 3 is 1.83 bits per heavy atom. The number of nitrogens with one attached hydrogen (secondary N) is 1. The predicted molar refractivity (Wildman–Crippen MR) is 94.1 cm³/mol. The average Bonchev–Trinajstić information content (AvgIpc) is 2.53. The summed E-state index contributed by atoms with van der Waals surface area (Å²) in [5.74, 6) is 7.27. The van der Waals surface area contributed by atoms with Crippen LogP contribution in [0.15, 0.2) is 30.3 Å². The first-order valence-corrected chi connectivity index (χ1v) is 6.96. The first-order valence-electron chi connectivity index (χ1n) is 6.96. The Hall–Kier alpha value is -3.41. The van der Waals surface area contributed by atoms with Gasteiger partial charge in [-0.2, -0.15) is 0 Å². The van der Waals surface area contributed by atoms with Crippen LogP contribution in [0.1, 0.15) is 38.2 Å². The van der Waals surface area contributed by atoms with Crippen molar-refractivity contribution in [3.63, 3.8) is 0 Å². The first kappa shape index (κ1) is 16.0. The molecule has 2 rings (SSSR count). The fourth-order valence-electron chi connectivity index (χ4n) is 2.38. The van der Waals surface area contributed by atoms with E-state index < -0.39 is 0 Å². The highest BCUT2D eigenvalue weighted by atomic mass is 16.1. The maximum Gasteiger partial charge on any atom is 0.255 e. The summed E-state index contributed by atoms with van der Waals surface area (Å²) in [4.78, 5) is 12.5. The number of rotatable bonds is 2. The molecule has 0 atom stereocenters. The number of carbonyl (C=O) groups excluding carboxylic acids is 1. The molecule has 2 aromatic carbocycles. The van der Waals surface area contributed by atoms with Crippen LogP contribution in [-0.2, 0) is 0 Å². The van der Waals surface area contributed by atoms with Gasteiger partial charge in [0.05, 0.1) is 16.8 Å². The van der Waals surface area contributed by atoms with Crippen LogP contribution in [0.5, 0.6) is 0 Å². The number of terminal acetylenes is 3. The molecule has 0 spiro atoms. The van der Waals surface area contributed by atoms with Crippen molar-refractivity contribution in [2.24, 2.45) is 0 Å².